The van der Waals surface area contributed by atoms with E-state index in [2.05, 4.69) is 30.3 Å². The summed E-state index contributed by atoms with van der Waals surface area (Å²) in [5.74, 6) is 0.840. The van der Waals surface area contributed by atoms with Crippen molar-refractivity contribution in [3.05, 3.63) is 90.0 Å². The van der Waals surface area contributed by atoms with Gasteiger partial charge in [0, 0.05) is 16.5 Å². The number of morpholine rings is 1. The van der Waals surface area contributed by atoms with Crippen LogP contribution in [0.4, 0.5) is 0 Å². The standard InChI is InChI=1S/C26H26N2O3/c1-30-21-13-11-20(12-14-21)25(27-15-17-31-18-16-27)24-22-9-5-6-10-23(22)28(29)26(24)19-7-3-2-4-8-19/h2-14,25,29H,15-18H2,1H3/p+1/t25-/m1/s1. The van der Waals surface area contributed by atoms with E-state index >= 15 is 0 Å². The van der Waals surface area contributed by atoms with Gasteiger partial charge in [-0.25, -0.2) is 0 Å². The van der Waals surface area contributed by atoms with E-state index in [1.54, 1.807) is 7.11 Å². The summed E-state index contributed by atoms with van der Waals surface area (Å²) in [5, 5.41) is 12.3. The maximum absolute atomic E-state index is 11.3. The number of nitrogens with zero attached hydrogens (tertiary/aromatic N) is 1. The van der Waals surface area contributed by atoms with Crippen molar-refractivity contribution in [1.29, 1.82) is 0 Å². The fourth-order valence-corrected chi connectivity index (χ4v) is 4.74. The first-order chi connectivity index (χ1) is 15.3. The molecule has 3 aromatic carbocycles. The number of hydrogen-bond acceptors (Lipinski definition) is 3. The molecule has 0 spiro atoms. The van der Waals surface area contributed by atoms with Crippen molar-refractivity contribution in [2.45, 2.75) is 6.04 Å². The second-order valence-electron chi connectivity index (χ2n) is 7.93. The number of para-hydroxylation sites is 1. The Balaban J connectivity index is 1.78. The minimum atomic E-state index is 0.0586. The molecular weight excluding hydrogens is 388 g/mol. The number of methoxy groups -OCH3 is 1. The van der Waals surface area contributed by atoms with Crippen LogP contribution in [-0.2, 0) is 4.74 Å². The van der Waals surface area contributed by atoms with E-state index in [1.807, 2.05) is 48.5 Å². The van der Waals surface area contributed by atoms with E-state index in [0.29, 0.717) is 0 Å². The summed E-state index contributed by atoms with van der Waals surface area (Å²) in [6, 6.07) is 26.6. The number of benzene rings is 3. The molecule has 1 aliphatic rings. The minimum Gasteiger partial charge on any atom is -0.497 e. The SMILES string of the molecule is COc1ccc([C@H](c2c(-c3ccccc3)n(O)c3ccccc23)[NH+]2CCOCC2)cc1. The van der Waals surface area contributed by atoms with Gasteiger partial charge in [-0.05, 0) is 30.3 Å². The maximum Gasteiger partial charge on any atom is 0.142 e. The predicted octanol–water partition coefficient (Wildman–Crippen LogP) is 3.56. The lowest BCUT2D eigenvalue weighted by Crippen LogP contribution is -3.14. The Morgan fingerprint density at radius 3 is 2.29 bits per heavy atom. The normalized spacial score (nSPS) is 15.8. The van der Waals surface area contributed by atoms with Gasteiger partial charge < -0.3 is 19.6 Å². The average Bonchev–Trinajstić information content (AvgIpc) is 3.13. The Morgan fingerprint density at radius 2 is 1.58 bits per heavy atom. The van der Waals surface area contributed by atoms with Gasteiger partial charge in [-0.2, -0.15) is 4.73 Å². The number of fused-ring (bicyclic) bond motifs is 1. The molecular formula is C26H27N2O3+. The molecule has 5 heteroatoms. The summed E-state index contributed by atoms with van der Waals surface area (Å²) in [5.41, 5.74) is 5.02. The second-order valence-corrected chi connectivity index (χ2v) is 7.93. The Kier molecular flexibility index (Phi) is 5.37. The Labute approximate surface area is 182 Å². The second kappa shape index (κ2) is 8.46. The molecule has 5 nitrogen and oxygen atoms in total. The van der Waals surface area contributed by atoms with Crippen molar-refractivity contribution in [1.82, 2.24) is 4.73 Å². The van der Waals surface area contributed by atoms with Crippen LogP contribution in [0.5, 0.6) is 5.75 Å². The molecule has 0 unspecified atom stereocenters. The predicted molar refractivity (Wildman–Crippen MR) is 121 cm³/mol. The van der Waals surface area contributed by atoms with Gasteiger partial charge in [-0.15, -0.1) is 0 Å². The first kappa shape index (κ1) is 19.7. The van der Waals surface area contributed by atoms with Crippen molar-refractivity contribution >= 4 is 10.9 Å². The van der Waals surface area contributed by atoms with Crippen LogP contribution in [0, 0.1) is 0 Å². The Hall–Kier alpha value is -3.28. The summed E-state index contributed by atoms with van der Waals surface area (Å²) in [6.07, 6.45) is 0. The van der Waals surface area contributed by atoms with Crippen LogP contribution >= 0.6 is 0 Å². The molecule has 2 N–H and O–H groups in total. The molecule has 1 saturated heterocycles. The van der Waals surface area contributed by atoms with E-state index in [0.717, 1.165) is 59.8 Å². The molecule has 2 heterocycles. The van der Waals surface area contributed by atoms with E-state index in [9.17, 15) is 5.21 Å². The zero-order valence-electron chi connectivity index (χ0n) is 17.6. The van der Waals surface area contributed by atoms with E-state index in [4.69, 9.17) is 9.47 Å². The third-order valence-corrected chi connectivity index (χ3v) is 6.22. The van der Waals surface area contributed by atoms with E-state index in [1.165, 1.54) is 15.2 Å². The Morgan fingerprint density at radius 1 is 0.903 bits per heavy atom. The van der Waals surface area contributed by atoms with Gasteiger partial charge in [-0.1, -0.05) is 48.5 Å². The maximum atomic E-state index is 11.3. The van der Waals surface area contributed by atoms with Crippen molar-refractivity contribution in [3.8, 4) is 17.0 Å². The van der Waals surface area contributed by atoms with Gasteiger partial charge in [0.2, 0.25) is 0 Å². The summed E-state index contributed by atoms with van der Waals surface area (Å²) >= 11 is 0. The van der Waals surface area contributed by atoms with Crippen LogP contribution in [-0.4, -0.2) is 43.4 Å². The van der Waals surface area contributed by atoms with Crippen LogP contribution in [0.3, 0.4) is 0 Å². The van der Waals surface area contributed by atoms with Gasteiger partial charge in [0.15, 0.2) is 0 Å². The fourth-order valence-electron chi connectivity index (χ4n) is 4.74. The van der Waals surface area contributed by atoms with Crippen molar-refractivity contribution < 1.29 is 19.6 Å². The summed E-state index contributed by atoms with van der Waals surface area (Å²) < 4.78 is 12.4. The first-order valence-electron chi connectivity index (χ1n) is 10.7. The largest absolute Gasteiger partial charge is 0.497 e. The van der Waals surface area contributed by atoms with Crippen LogP contribution < -0.4 is 9.64 Å². The molecule has 0 bridgehead atoms. The zero-order chi connectivity index (χ0) is 21.2. The smallest absolute Gasteiger partial charge is 0.142 e. The van der Waals surface area contributed by atoms with Crippen molar-refractivity contribution in [2.75, 3.05) is 33.4 Å². The zero-order valence-corrected chi connectivity index (χ0v) is 17.6. The minimum absolute atomic E-state index is 0.0586. The fraction of sp³-hybridized carbons (Fsp3) is 0.231. The van der Waals surface area contributed by atoms with Crippen LogP contribution in [0.1, 0.15) is 17.2 Å². The van der Waals surface area contributed by atoms with Gasteiger partial charge in [0.25, 0.3) is 0 Å². The highest BCUT2D eigenvalue weighted by molar-refractivity contribution is 5.92. The number of aromatic nitrogens is 1. The summed E-state index contributed by atoms with van der Waals surface area (Å²) in [7, 11) is 1.69. The topological polar surface area (TPSA) is 48.1 Å². The Bertz CT molecular complexity index is 1160. The van der Waals surface area contributed by atoms with Gasteiger partial charge in [-0.3, -0.25) is 0 Å². The van der Waals surface area contributed by atoms with Crippen molar-refractivity contribution in [2.24, 2.45) is 0 Å². The monoisotopic (exact) mass is 415 g/mol. The molecule has 0 radical (unpaired) electrons. The number of rotatable bonds is 5. The highest BCUT2D eigenvalue weighted by Crippen LogP contribution is 2.38. The number of hydrogen-bond donors (Lipinski definition) is 2. The molecule has 1 aliphatic heterocycles. The van der Waals surface area contributed by atoms with Gasteiger partial charge >= 0.3 is 0 Å². The van der Waals surface area contributed by atoms with E-state index < -0.39 is 0 Å². The third-order valence-electron chi connectivity index (χ3n) is 6.22. The van der Waals surface area contributed by atoms with Gasteiger partial charge in [0.1, 0.15) is 24.9 Å². The lowest BCUT2D eigenvalue weighted by atomic mass is 9.92. The molecule has 1 fully saturated rings. The van der Waals surface area contributed by atoms with E-state index in [-0.39, 0.29) is 6.04 Å². The number of ether oxygens (including phenoxy) is 2. The molecule has 31 heavy (non-hydrogen) atoms. The summed E-state index contributed by atoms with van der Waals surface area (Å²) in [6.45, 7) is 3.30. The summed E-state index contributed by atoms with van der Waals surface area (Å²) in [4.78, 5) is 1.44. The number of nitrogens with one attached hydrogen (secondary N) is 1. The molecule has 1 aromatic heterocycles. The number of quaternary nitrogens is 1. The van der Waals surface area contributed by atoms with Crippen LogP contribution in [0.2, 0.25) is 0 Å². The average molecular weight is 416 g/mol. The quantitative estimate of drug-likeness (QED) is 0.490. The molecule has 1 atom stereocenters. The van der Waals surface area contributed by atoms with Crippen LogP contribution in [0.25, 0.3) is 22.2 Å². The molecule has 0 saturated carbocycles. The highest BCUT2D eigenvalue weighted by atomic mass is 16.5. The lowest BCUT2D eigenvalue weighted by molar-refractivity contribution is -0.932. The highest BCUT2D eigenvalue weighted by Gasteiger charge is 2.34. The van der Waals surface area contributed by atoms with Crippen LogP contribution in [0.15, 0.2) is 78.9 Å². The molecule has 4 aromatic rings. The first-order valence-corrected chi connectivity index (χ1v) is 10.7. The molecule has 0 amide bonds. The molecule has 158 valence electrons. The molecule has 5 rings (SSSR count). The van der Waals surface area contributed by atoms with Crippen molar-refractivity contribution in [3.63, 3.8) is 0 Å². The lowest BCUT2D eigenvalue weighted by Gasteiger charge is -2.32. The third kappa shape index (κ3) is 3.56. The van der Waals surface area contributed by atoms with Gasteiger partial charge in [0.05, 0.1) is 37.1 Å². The molecule has 0 aliphatic carbocycles.